The van der Waals surface area contributed by atoms with Gasteiger partial charge in [0.1, 0.15) is 0 Å². The molecule has 0 saturated heterocycles. The van der Waals surface area contributed by atoms with Crippen molar-refractivity contribution in [2.75, 3.05) is 0 Å². The van der Waals surface area contributed by atoms with Crippen molar-refractivity contribution in [2.45, 2.75) is 32.6 Å². The van der Waals surface area contributed by atoms with Gasteiger partial charge < -0.3 is 0 Å². The third kappa shape index (κ3) is 4.73. The van der Waals surface area contributed by atoms with Gasteiger partial charge in [-0.2, -0.15) is 0 Å². The van der Waals surface area contributed by atoms with Crippen LogP contribution in [-0.4, -0.2) is 21.2 Å². The lowest BCUT2D eigenvalue weighted by atomic mass is 9.84. The molecule has 2 atom stereocenters. The SMILES string of the molecule is CC1Cc2ccccc2C=C1c1nc(-c2ccc(-c3cccc4c3N=CCC4C)cc2)nc(-c2ccc3ccccc3c2)n1. The highest BCUT2D eigenvalue weighted by atomic mass is 15.0. The van der Waals surface area contributed by atoms with Crippen LogP contribution in [0.4, 0.5) is 5.69 Å². The van der Waals surface area contributed by atoms with Crippen molar-refractivity contribution < 1.29 is 0 Å². The highest BCUT2D eigenvalue weighted by Gasteiger charge is 2.23. The topological polar surface area (TPSA) is 51.0 Å². The summed E-state index contributed by atoms with van der Waals surface area (Å²) in [4.78, 5) is 20.0. The Labute approximate surface area is 257 Å². The average Bonchev–Trinajstić information content (AvgIpc) is 3.07. The second kappa shape index (κ2) is 10.8. The molecule has 8 rings (SSSR count). The normalized spacial score (nSPS) is 17.2. The minimum atomic E-state index is 0.291. The molecular weight excluding hydrogens is 536 g/mol. The lowest BCUT2D eigenvalue weighted by molar-refractivity contribution is 0.728. The predicted molar refractivity (Wildman–Crippen MR) is 182 cm³/mol. The van der Waals surface area contributed by atoms with Gasteiger partial charge in [-0.05, 0) is 69.8 Å². The van der Waals surface area contributed by atoms with E-state index in [1.165, 1.54) is 27.5 Å². The van der Waals surface area contributed by atoms with Gasteiger partial charge in [-0.3, -0.25) is 4.99 Å². The minimum absolute atomic E-state index is 0.291. The summed E-state index contributed by atoms with van der Waals surface area (Å²) in [6.07, 6.45) is 6.25. The summed E-state index contributed by atoms with van der Waals surface area (Å²) in [5, 5.41) is 2.36. The Kier molecular flexibility index (Phi) is 6.48. The van der Waals surface area contributed by atoms with Crippen LogP contribution in [0.1, 0.15) is 48.7 Å². The number of fused-ring (bicyclic) bond motifs is 3. The molecule has 4 nitrogen and oxygen atoms in total. The van der Waals surface area contributed by atoms with Crippen molar-refractivity contribution in [1.82, 2.24) is 15.0 Å². The molecule has 212 valence electrons. The zero-order valence-electron chi connectivity index (χ0n) is 24.9. The molecule has 1 aliphatic carbocycles. The summed E-state index contributed by atoms with van der Waals surface area (Å²) >= 11 is 0. The monoisotopic (exact) mass is 568 g/mol. The van der Waals surface area contributed by atoms with Gasteiger partial charge in [0.25, 0.3) is 0 Å². The molecule has 2 unspecified atom stereocenters. The molecule has 0 radical (unpaired) electrons. The van der Waals surface area contributed by atoms with Gasteiger partial charge >= 0.3 is 0 Å². The second-order valence-corrected chi connectivity index (χ2v) is 12.0. The largest absolute Gasteiger partial charge is 0.260 e. The third-order valence-corrected chi connectivity index (χ3v) is 9.06. The Morgan fingerprint density at radius 1 is 0.591 bits per heavy atom. The molecule has 2 aliphatic rings. The first-order valence-corrected chi connectivity index (χ1v) is 15.4. The standard InChI is InChI=1S/C40H32N4/c1-25-20-21-41-37-34(25)12-7-13-35(37)28-15-17-29(18-16-28)38-42-39(33-19-14-27-8-3-4-10-31(27)23-33)44-40(43-38)36-24-32-11-6-5-9-30(32)22-26(36)2/h3-19,21,23-26H,20,22H2,1-2H3. The van der Waals surface area contributed by atoms with E-state index >= 15 is 0 Å². The van der Waals surface area contributed by atoms with Crippen molar-refractivity contribution in [3.05, 3.63) is 132 Å². The number of para-hydroxylation sites is 1. The number of hydrogen-bond acceptors (Lipinski definition) is 4. The third-order valence-electron chi connectivity index (χ3n) is 9.06. The zero-order chi connectivity index (χ0) is 29.6. The number of rotatable bonds is 4. The molecule has 0 N–H and O–H groups in total. The van der Waals surface area contributed by atoms with E-state index in [1.807, 2.05) is 6.21 Å². The molecule has 0 spiro atoms. The van der Waals surface area contributed by atoms with Gasteiger partial charge in [0.05, 0.1) is 5.69 Å². The molecule has 4 heteroatoms. The quantitative estimate of drug-likeness (QED) is 0.213. The van der Waals surface area contributed by atoms with Crippen LogP contribution in [0.15, 0.2) is 114 Å². The van der Waals surface area contributed by atoms with E-state index in [-0.39, 0.29) is 0 Å². The van der Waals surface area contributed by atoms with Gasteiger partial charge in [-0.25, -0.2) is 15.0 Å². The van der Waals surface area contributed by atoms with Crippen LogP contribution in [0.2, 0.25) is 0 Å². The average molecular weight is 569 g/mol. The second-order valence-electron chi connectivity index (χ2n) is 12.0. The number of nitrogens with zero attached hydrogens (tertiary/aromatic N) is 4. The Balaban J connectivity index is 1.25. The minimum Gasteiger partial charge on any atom is -0.260 e. The summed E-state index contributed by atoms with van der Waals surface area (Å²) in [7, 11) is 0. The van der Waals surface area contributed by atoms with Crippen LogP contribution < -0.4 is 0 Å². The summed E-state index contributed by atoms with van der Waals surface area (Å²) in [5.74, 6) is 2.87. The molecule has 1 aliphatic heterocycles. The van der Waals surface area contributed by atoms with Crippen LogP contribution in [0.5, 0.6) is 0 Å². The van der Waals surface area contributed by atoms with Crippen LogP contribution in [0, 0.1) is 5.92 Å². The van der Waals surface area contributed by atoms with Crippen LogP contribution in [0.25, 0.3) is 56.3 Å². The fourth-order valence-electron chi connectivity index (χ4n) is 6.55. The van der Waals surface area contributed by atoms with E-state index in [0.29, 0.717) is 23.5 Å². The van der Waals surface area contributed by atoms with Crippen LogP contribution in [0.3, 0.4) is 0 Å². The maximum atomic E-state index is 5.11. The van der Waals surface area contributed by atoms with Gasteiger partial charge in [0, 0.05) is 28.5 Å². The van der Waals surface area contributed by atoms with Crippen molar-refractivity contribution in [2.24, 2.45) is 10.9 Å². The highest BCUT2D eigenvalue weighted by molar-refractivity contribution is 5.88. The molecule has 1 aromatic heterocycles. The highest BCUT2D eigenvalue weighted by Crippen LogP contribution is 2.41. The van der Waals surface area contributed by atoms with E-state index in [4.69, 9.17) is 19.9 Å². The molecule has 0 fully saturated rings. The Hall–Kier alpha value is -5.22. The summed E-state index contributed by atoms with van der Waals surface area (Å²) in [5.41, 5.74) is 10.4. The lowest BCUT2D eigenvalue weighted by Gasteiger charge is -2.22. The fourth-order valence-corrected chi connectivity index (χ4v) is 6.55. The molecule has 2 heterocycles. The lowest BCUT2D eigenvalue weighted by Crippen LogP contribution is -2.13. The maximum absolute atomic E-state index is 5.11. The van der Waals surface area contributed by atoms with E-state index in [9.17, 15) is 0 Å². The van der Waals surface area contributed by atoms with E-state index in [0.717, 1.165) is 52.2 Å². The number of hydrogen-bond donors (Lipinski definition) is 0. The Morgan fingerprint density at radius 3 is 2.16 bits per heavy atom. The van der Waals surface area contributed by atoms with Crippen LogP contribution in [-0.2, 0) is 6.42 Å². The first kappa shape index (κ1) is 26.4. The molecule has 0 bridgehead atoms. The maximum Gasteiger partial charge on any atom is 0.164 e. The smallest absolute Gasteiger partial charge is 0.164 e. The van der Waals surface area contributed by atoms with Gasteiger partial charge in [-0.15, -0.1) is 0 Å². The van der Waals surface area contributed by atoms with Crippen molar-refractivity contribution in [1.29, 1.82) is 0 Å². The van der Waals surface area contributed by atoms with Gasteiger partial charge in [0.2, 0.25) is 0 Å². The van der Waals surface area contributed by atoms with Gasteiger partial charge in [0.15, 0.2) is 17.5 Å². The molecular formula is C40H32N4. The zero-order valence-corrected chi connectivity index (χ0v) is 24.9. The molecule has 0 amide bonds. The number of aromatic nitrogens is 3. The molecule has 5 aromatic carbocycles. The van der Waals surface area contributed by atoms with Crippen LogP contribution >= 0.6 is 0 Å². The van der Waals surface area contributed by atoms with E-state index in [2.05, 4.69) is 129 Å². The molecule has 0 saturated carbocycles. The summed E-state index contributed by atoms with van der Waals surface area (Å²) in [6, 6.07) is 38.5. The first-order valence-electron chi connectivity index (χ1n) is 15.4. The molecule has 6 aromatic rings. The summed E-state index contributed by atoms with van der Waals surface area (Å²) in [6.45, 7) is 4.53. The predicted octanol–water partition coefficient (Wildman–Crippen LogP) is 9.97. The van der Waals surface area contributed by atoms with Crippen molar-refractivity contribution in [3.63, 3.8) is 0 Å². The number of benzene rings is 5. The first-order chi connectivity index (χ1) is 21.6. The van der Waals surface area contributed by atoms with Crippen molar-refractivity contribution in [3.8, 4) is 33.9 Å². The number of aliphatic imine (C=N–C) groups is 1. The fraction of sp³-hybridized carbons (Fsp3) is 0.150. The van der Waals surface area contributed by atoms with E-state index < -0.39 is 0 Å². The molecule has 44 heavy (non-hydrogen) atoms. The number of allylic oxidation sites excluding steroid dienone is 1. The summed E-state index contributed by atoms with van der Waals surface area (Å²) < 4.78 is 0. The Bertz CT molecular complexity index is 2110. The van der Waals surface area contributed by atoms with Crippen molar-refractivity contribution >= 4 is 34.3 Å². The van der Waals surface area contributed by atoms with E-state index in [1.54, 1.807) is 0 Å². The Morgan fingerprint density at radius 2 is 1.30 bits per heavy atom. The van der Waals surface area contributed by atoms with Gasteiger partial charge in [-0.1, -0.05) is 117 Å².